The van der Waals surface area contributed by atoms with Crippen molar-refractivity contribution >= 4 is 40.0 Å². The molecule has 3 nitrogen and oxygen atoms in total. The Bertz CT molecular complexity index is 596. The summed E-state index contributed by atoms with van der Waals surface area (Å²) < 4.78 is 0. The van der Waals surface area contributed by atoms with Crippen molar-refractivity contribution in [3.63, 3.8) is 0 Å². The SMILES string of the molecule is Cc1cc(C(N)=O)nc2c(Cl)c(Cl)ccc12. The molecular weight excluding hydrogens is 247 g/mol. The number of rotatable bonds is 1. The highest BCUT2D eigenvalue weighted by Crippen LogP contribution is 2.31. The third-order valence-electron chi connectivity index (χ3n) is 2.33. The number of primary amides is 1. The van der Waals surface area contributed by atoms with Crippen LogP contribution >= 0.6 is 23.2 Å². The van der Waals surface area contributed by atoms with E-state index in [9.17, 15) is 4.79 Å². The second-order valence-corrected chi connectivity index (χ2v) is 4.23. The van der Waals surface area contributed by atoms with E-state index in [4.69, 9.17) is 28.9 Å². The zero-order chi connectivity index (χ0) is 11.9. The molecule has 16 heavy (non-hydrogen) atoms. The number of hydrogen-bond donors (Lipinski definition) is 1. The van der Waals surface area contributed by atoms with Gasteiger partial charge in [0, 0.05) is 5.39 Å². The highest BCUT2D eigenvalue weighted by atomic mass is 35.5. The van der Waals surface area contributed by atoms with E-state index in [0.717, 1.165) is 10.9 Å². The third-order valence-corrected chi connectivity index (χ3v) is 3.13. The minimum Gasteiger partial charge on any atom is -0.364 e. The molecule has 82 valence electrons. The second-order valence-electron chi connectivity index (χ2n) is 3.45. The molecule has 0 saturated carbocycles. The van der Waals surface area contributed by atoms with Gasteiger partial charge in [-0.3, -0.25) is 4.79 Å². The number of benzene rings is 1. The number of nitrogens with two attached hydrogens (primary N) is 1. The highest BCUT2D eigenvalue weighted by molar-refractivity contribution is 6.45. The number of carbonyl (C=O) groups is 1. The fourth-order valence-electron chi connectivity index (χ4n) is 1.53. The topological polar surface area (TPSA) is 56.0 Å². The van der Waals surface area contributed by atoms with Crippen LogP contribution in [0.1, 0.15) is 16.1 Å². The Morgan fingerprint density at radius 3 is 2.69 bits per heavy atom. The number of nitrogens with zero attached hydrogens (tertiary/aromatic N) is 1. The minimum absolute atomic E-state index is 0.189. The minimum atomic E-state index is -0.582. The van der Waals surface area contributed by atoms with E-state index >= 15 is 0 Å². The van der Waals surface area contributed by atoms with Crippen molar-refractivity contribution in [3.8, 4) is 0 Å². The van der Waals surface area contributed by atoms with Gasteiger partial charge in [0.25, 0.3) is 5.91 Å². The predicted molar refractivity (Wildman–Crippen MR) is 65.0 cm³/mol. The van der Waals surface area contributed by atoms with Crippen molar-refractivity contribution in [3.05, 3.63) is 39.5 Å². The van der Waals surface area contributed by atoms with Gasteiger partial charge in [0.2, 0.25) is 0 Å². The van der Waals surface area contributed by atoms with Gasteiger partial charge in [0.05, 0.1) is 15.6 Å². The van der Waals surface area contributed by atoms with Crippen LogP contribution in [0.2, 0.25) is 10.0 Å². The van der Waals surface area contributed by atoms with Gasteiger partial charge >= 0.3 is 0 Å². The fourth-order valence-corrected chi connectivity index (χ4v) is 1.89. The normalized spacial score (nSPS) is 10.7. The Morgan fingerprint density at radius 2 is 2.06 bits per heavy atom. The number of pyridine rings is 1. The Kier molecular flexibility index (Phi) is 2.74. The Balaban J connectivity index is 2.88. The largest absolute Gasteiger partial charge is 0.364 e. The van der Waals surface area contributed by atoms with E-state index in [2.05, 4.69) is 4.98 Å². The second kappa shape index (κ2) is 3.92. The lowest BCUT2D eigenvalue weighted by molar-refractivity contribution is 0.0996. The molecule has 1 heterocycles. The van der Waals surface area contributed by atoms with Crippen molar-refractivity contribution in [2.24, 2.45) is 5.73 Å². The quantitative estimate of drug-likeness (QED) is 0.851. The first-order valence-corrected chi connectivity index (χ1v) is 5.31. The molecule has 0 aliphatic rings. The monoisotopic (exact) mass is 254 g/mol. The van der Waals surface area contributed by atoms with E-state index in [-0.39, 0.29) is 5.69 Å². The average molecular weight is 255 g/mol. The van der Waals surface area contributed by atoms with Gasteiger partial charge < -0.3 is 5.73 Å². The molecule has 0 atom stereocenters. The molecule has 0 aliphatic carbocycles. The molecule has 0 unspecified atom stereocenters. The summed E-state index contributed by atoms with van der Waals surface area (Å²) in [6, 6.07) is 5.15. The first kappa shape index (κ1) is 11.2. The van der Waals surface area contributed by atoms with Crippen LogP contribution in [0.25, 0.3) is 10.9 Å². The molecule has 2 rings (SSSR count). The Hall–Kier alpha value is -1.32. The summed E-state index contributed by atoms with van der Waals surface area (Å²) in [7, 11) is 0. The molecule has 5 heteroatoms. The van der Waals surface area contributed by atoms with E-state index in [1.165, 1.54) is 0 Å². The van der Waals surface area contributed by atoms with Crippen LogP contribution in [0.5, 0.6) is 0 Å². The van der Waals surface area contributed by atoms with Crippen molar-refractivity contribution in [2.45, 2.75) is 6.92 Å². The van der Waals surface area contributed by atoms with Crippen molar-refractivity contribution in [1.82, 2.24) is 4.98 Å². The first-order chi connectivity index (χ1) is 7.50. The maximum Gasteiger partial charge on any atom is 0.267 e. The van der Waals surface area contributed by atoms with Crippen molar-refractivity contribution < 1.29 is 4.79 Å². The molecule has 0 radical (unpaired) electrons. The van der Waals surface area contributed by atoms with Crippen LogP contribution in [-0.2, 0) is 0 Å². The number of carbonyl (C=O) groups excluding carboxylic acids is 1. The van der Waals surface area contributed by atoms with E-state index in [0.29, 0.717) is 15.6 Å². The number of hydrogen-bond acceptors (Lipinski definition) is 2. The van der Waals surface area contributed by atoms with Crippen LogP contribution in [-0.4, -0.2) is 10.9 Å². The summed E-state index contributed by atoms with van der Waals surface area (Å²) in [6.07, 6.45) is 0. The zero-order valence-electron chi connectivity index (χ0n) is 8.42. The lowest BCUT2D eigenvalue weighted by Gasteiger charge is -2.06. The van der Waals surface area contributed by atoms with Crippen molar-refractivity contribution in [2.75, 3.05) is 0 Å². The fraction of sp³-hybridized carbons (Fsp3) is 0.0909. The number of fused-ring (bicyclic) bond motifs is 1. The maximum atomic E-state index is 11.1. The molecule has 2 aromatic rings. The molecule has 1 aromatic carbocycles. The van der Waals surface area contributed by atoms with Crippen LogP contribution in [0.3, 0.4) is 0 Å². The predicted octanol–water partition coefficient (Wildman–Crippen LogP) is 2.95. The zero-order valence-corrected chi connectivity index (χ0v) is 9.93. The van der Waals surface area contributed by atoms with Gasteiger partial charge in [0.15, 0.2) is 0 Å². The van der Waals surface area contributed by atoms with Gasteiger partial charge in [-0.1, -0.05) is 29.3 Å². The number of aryl methyl sites for hydroxylation is 1. The molecule has 1 amide bonds. The molecule has 0 bridgehead atoms. The van der Waals surface area contributed by atoms with Gasteiger partial charge in [0.1, 0.15) is 5.69 Å². The van der Waals surface area contributed by atoms with Crippen LogP contribution in [0.15, 0.2) is 18.2 Å². The molecule has 1 aromatic heterocycles. The lowest BCUT2D eigenvalue weighted by Crippen LogP contribution is -2.13. The summed E-state index contributed by atoms with van der Waals surface area (Å²) in [4.78, 5) is 15.2. The van der Waals surface area contributed by atoms with E-state index < -0.39 is 5.91 Å². The summed E-state index contributed by atoms with van der Waals surface area (Å²) in [6.45, 7) is 1.86. The Labute approximate surface area is 102 Å². The molecule has 0 spiro atoms. The average Bonchev–Trinajstić information content (AvgIpc) is 2.23. The smallest absolute Gasteiger partial charge is 0.267 e. The number of amides is 1. The number of aromatic nitrogens is 1. The lowest BCUT2D eigenvalue weighted by atomic mass is 10.1. The number of halogens is 2. The van der Waals surface area contributed by atoms with Crippen LogP contribution < -0.4 is 5.73 Å². The van der Waals surface area contributed by atoms with Gasteiger partial charge in [-0.05, 0) is 24.6 Å². The summed E-state index contributed by atoms with van der Waals surface area (Å²) in [5.74, 6) is -0.582. The van der Waals surface area contributed by atoms with Crippen molar-refractivity contribution in [1.29, 1.82) is 0 Å². The van der Waals surface area contributed by atoms with Gasteiger partial charge in [-0.2, -0.15) is 0 Å². The maximum absolute atomic E-state index is 11.1. The van der Waals surface area contributed by atoms with Crippen LogP contribution in [0, 0.1) is 6.92 Å². The third kappa shape index (κ3) is 1.72. The standard InChI is InChI=1S/C11H8Cl2N2O/c1-5-4-8(11(14)16)15-10-6(5)2-3-7(12)9(10)13/h2-4H,1H3,(H2,14,16). The Morgan fingerprint density at radius 1 is 1.38 bits per heavy atom. The van der Waals surface area contributed by atoms with Crippen LogP contribution in [0.4, 0.5) is 0 Å². The van der Waals surface area contributed by atoms with E-state index in [1.807, 2.05) is 13.0 Å². The molecular formula is C11H8Cl2N2O. The molecule has 0 fully saturated rings. The van der Waals surface area contributed by atoms with Gasteiger partial charge in [-0.15, -0.1) is 0 Å². The van der Waals surface area contributed by atoms with E-state index in [1.54, 1.807) is 12.1 Å². The molecule has 2 N–H and O–H groups in total. The summed E-state index contributed by atoms with van der Waals surface area (Å²) in [5.41, 5.74) is 6.76. The molecule has 0 aliphatic heterocycles. The van der Waals surface area contributed by atoms with Gasteiger partial charge in [-0.25, -0.2) is 4.98 Å². The molecule has 0 saturated heterocycles. The highest BCUT2D eigenvalue weighted by Gasteiger charge is 2.11. The summed E-state index contributed by atoms with van der Waals surface area (Å²) in [5, 5.41) is 1.60. The summed E-state index contributed by atoms with van der Waals surface area (Å²) >= 11 is 11.9. The first-order valence-electron chi connectivity index (χ1n) is 4.56.